The Balaban J connectivity index is 0. The SMILES string of the molecule is [CH2-]CCC[CH2-].[CH2-]c1ccc(C)cc1.[W]. The fourth-order valence-electron chi connectivity index (χ4n) is 0.765. The maximum atomic E-state index is 3.76. The minimum absolute atomic E-state index is 0. The summed E-state index contributed by atoms with van der Waals surface area (Å²) in [5.41, 5.74) is 2.37. The van der Waals surface area contributed by atoms with Gasteiger partial charge in [0.25, 0.3) is 0 Å². The summed E-state index contributed by atoms with van der Waals surface area (Å²) in [6.07, 6.45) is 3.23. The number of rotatable bonds is 2. The van der Waals surface area contributed by atoms with E-state index in [1.165, 1.54) is 12.0 Å². The zero-order valence-corrected chi connectivity index (χ0v) is 11.9. The van der Waals surface area contributed by atoms with Crippen molar-refractivity contribution in [2.24, 2.45) is 0 Å². The van der Waals surface area contributed by atoms with Crippen molar-refractivity contribution in [2.45, 2.75) is 26.2 Å². The van der Waals surface area contributed by atoms with Crippen LogP contribution in [0.2, 0.25) is 0 Å². The van der Waals surface area contributed by atoms with Gasteiger partial charge in [-0.3, -0.25) is 0 Å². The molecule has 0 saturated heterocycles. The molecule has 0 radical (unpaired) electrons. The third-order valence-electron chi connectivity index (χ3n) is 1.62. The van der Waals surface area contributed by atoms with Gasteiger partial charge in [-0.1, -0.05) is 5.56 Å². The van der Waals surface area contributed by atoms with Crippen molar-refractivity contribution in [1.82, 2.24) is 0 Å². The summed E-state index contributed by atoms with van der Waals surface area (Å²) in [4.78, 5) is 0. The molecule has 0 spiro atoms. The summed E-state index contributed by atoms with van der Waals surface area (Å²) in [6.45, 7) is 13.1. The van der Waals surface area contributed by atoms with Gasteiger partial charge in [-0.15, -0.1) is 18.6 Å². The normalized spacial score (nSPS) is 8.21. The first-order chi connectivity index (χ1) is 6.20. The van der Waals surface area contributed by atoms with E-state index in [0.717, 1.165) is 18.4 Å². The second-order valence-corrected chi connectivity index (χ2v) is 3.05. The second-order valence-electron chi connectivity index (χ2n) is 3.05. The number of hydrogen-bond donors (Lipinski definition) is 0. The van der Waals surface area contributed by atoms with Gasteiger partial charge in [-0.2, -0.15) is 37.5 Å². The van der Waals surface area contributed by atoms with Gasteiger partial charge in [0.2, 0.25) is 0 Å². The summed E-state index contributed by atoms with van der Waals surface area (Å²) >= 11 is 0. The van der Waals surface area contributed by atoms with Crippen molar-refractivity contribution in [3.63, 3.8) is 0 Å². The summed E-state index contributed by atoms with van der Waals surface area (Å²) < 4.78 is 0. The quantitative estimate of drug-likeness (QED) is 0.701. The zero-order chi connectivity index (χ0) is 10.1. The minimum atomic E-state index is 0. The molecule has 80 valence electrons. The molecule has 0 aliphatic heterocycles. The Labute approximate surface area is 103 Å². The molecule has 0 N–H and O–H groups in total. The van der Waals surface area contributed by atoms with Gasteiger partial charge in [0.05, 0.1) is 0 Å². The van der Waals surface area contributed by atoms with Gasteiger partial charge >= 0.3 is 0 Å². The van der Waals surface area contributed by atoms with E-state index in [1.54, 1.807) is 0 Å². The fourth-order valence-corrected chi connectivity index (χ4v) is 0.765. The Morgan fingerprint density at radius 3 is 1.64 bits per heavy atom. The monoisotopic (exact) mass is 359 g/mol. The molecule has 1 aromatic carbocycles. The van der Waals surface area contributed by atoms with E-state index in [9.17, 15) is 0 Å². The summed E-state index contributed by atoms with van der Waals surface area (Å²) in [7, 11) is 0. The Hall–Kier alpha value is -0.222. The largest absolute Gasteiger partial charge is 0.343 e. The Bertz CT molecular complexity index is 178. The average molecular weight is 359 g/mol. The molecule has 1 rings (SSSR count). The molecule has 0 aromatic heterocycles. The molecule has 0 bridgehead atoms. The number of unbranched alkanes of at least 4 members (excludes halogenated alkanes) is 2. The van der Waals surface area contributed by atoms with Gasteiger partial charge in [-0.05, 0) is 6.92 Å². The first-order valence-electron chi connectivity index (χ1n) is 4.67. The molecule has 0 saturated carbocycles. The number of benzene rings is 1. The van der Waals surface area contributed by atoms with Gasteiger partial charge in [-0.25, -0.2) is 0 Å². The van der Waals surface area contributed by atoms with Crippen molar-refractivity contribution in [3.8, 4) is 0 Å². The first kappa shape index (κ1) is 16.2. The molecule has 0 atom stereocenters. The van der Waals surface area contributed by atoms with Crippen LogP contribution < -0.4 is 0 Å². The topological polar surface area (TPSA) is 0 Å². The molecule has 1 heteroatoms. The van der Waals surface area contributed by atoms with Crippen LogP contribution in [0.4, 0.5) is 0 Å². The fraction of sp³-hybridized carbons (Fsp3) is 0.308. The van der Waals surface area contributed by atoms with E-state index < -0.39 is 0 Å². The van der Waals surface area contributed by atoms with Crippen LogP contribution in [-0.4, -0.2) is 0 Å². The van der Waals surface area contributed by atoms with Crippen LogP contribution in [0.3, 0.4) is 0 Å². The number of aryl methyl sites for hydroxylation is 1. The third kappa shape index (κ3) is 9.86. The van der Waals surface area contributed by atoms with Gasteiger partial charge in [0.15, 0.2) is 0 Å². The molecule has 0 aliphatic carbocycles. The summed E-state index contributed by atoms with van der Waals surface area (Å²) in [5.74, 6) is 0. The molecule has 1 aromatic rings. The van der Waals surface area contributed by atoms with E-state index in [-0.39, 0.29) is 21.1 Å². The van der Waals surface area contributed by atoms with Crippen molar-refractivity contribution in [1.29, 1.82) is 0 Å². The molecule has 0 unspecified atom stereocenters. The predicted molar refractivity (Wildman–Crippen MR) is 60.2 cm³/mol. The van der Waals surface area contributed by atoms with Crippen LogP contribution in [-0.2, 0) is 21.1 Å². The van der Waals surface area contributed by atoms with Crippen LogP contribution in [0.5, 0.6) is 0 Å². The Morgan fingerprint density at radius 1 is 1.00 bits per heavy atom. The molecule has 0 nitrogen and oxygen atoms in total. The van der Waals surface area contributed by atoms with E-state index in [2.05, 4.69) is 39.8 Å². The standard InChI is InChI=1S/C8H9.C5H10.W/c1-7-3-5-8(2)6-4-7;1-3-5-4-2;/h3-6H,1H2,2H3;1-5H2;/q-1;-2;. The molecule has 0 fully saturated rings. The molecular formula is C13H19W-3. The van der Waals surface area contributed by atoms with Crippen LogP contribution in [0.1, 0.15) is 30.4 Å². The Morgan fingerprint density at radius 2 is 1.43 bits per heavy atom. The van der Waals surface area contributed by atoms with Crippen molar-refractivity contribution >= 4 is 0 Å². The van der Waals surface area contributed by atoms with Gasteiger partial charge in [0, 0.05) is 21.1 Å². The average Bonchev–Trinajstić information content (AvgIpc) is 2.13. The summed E-state index contributed by atoms with van der Waals surface area (Å²) in [5, 5.41) is 0. The number of hydrogen-bond acceptors (Lipinski definition) is 0. The van der Waals surface area contributed by atoms with Gasteiger partial charge < -0.3 is 13.8 Å². The van der Waals surface area contributed by atoms with Crippen molar-refractivity contribution in [3.05, 3.63) is 56.2 Å². The summed E-state index contributed by atoms with van der Waals surface area (Å²) in [6, 6.07) is 8.13. The minimum Gasteiger partial charge on any atom is -0.343 e. The van der Waals surface area contributed by atoms with Crippen LogP contribution in [0.15, 0.2) is 24.3 Å². The van der Waals surface area contributed by atoms with Crippen LogP contribution >= 0.6 is 0 Å². The third-order valence-corrected chi connectivity index (χ3v) is 1.62. The zero-order valence-electron chi connectivity index (χ0n) is 8.96. The van der Waals surface area contributed by atoms with Crippen LogP contribution in [0.25, 0.3) is 0 Å². The molecule has 14 heavy (non-hydrogen) atoms. The smallest absolute Gasteiger partial charge is 0 e. The maximum Gasteiger partial charge on any atom is 0 e. The van der Waals surface area contributed by atoms with Crippen molar-refractivity contribution < 1.29 is 21.1 Å². The van der Waals surface area contributed by atoms with E-state index in [4.69, 9.17) is 0 Å². The van der Waals surface area contributed by atoms with E-state index >= 15 is 0 Å². The van der Waals surface area contributed by atoms with Crippen LogP contribution in [0, 0.1) is 27.7 Å². The van der Waals surface area contributed by atoms with E-state index in [0.29, 0.717) is 0 Å². The van der Waals surface area contributed by atoms with Gasteiger partial charge in [0.1, 0.15) is 0 Å². The van der Waals surface area contributed by atoms with E-state index in [1.807, 2.05) is 12.1 Å². The first-order valence-corrected chi connectivity index (χ1v) is 4.67. The molecule has 0 heterocycles. The Kier molecular flexibility index (Phi) is 12.6. The molecule has 0 aliphatic rings. The maximum absolute atomic E-state index is 3.76. The molecular weight excluding hydrogens is 340 g/mol. The van der Waals surface area contributed by atoms with Crippen molar-refractivity contribution in [2.75, 3.05) is 0 Å². The predicted octanol–water partition coefficient (Wildman–Crippen LogP) is 4.00. The second kappa shape index (κ2) is 10.9. The molecule has 0 amide bonds.